The first kappa shape index (κ1) is 27.3. The summed E-state index contributed by atoms with van der Waals surface area (Å²) < 4.78 is 24.0. The van der Waals surface area contributed by atoms with Crippen molar-refractivity contribution >= 4 is 7.82 Å². The quantitative estimate of drug-likeness (QED) is 0.211. The lowest BCUT2D eigenvalue weighted by Crippen LogP contribution is -2.23. The molecule has 0 saturated heterocycles. The molecule has 28 heavy (non-hydrogen) atoms. The Morgan fingerprint density at radius 1 is 0.857 bits per heavy atom. The van der Waals surface area contributed by atoms with E-state index >= 15 is 0 Å². The second kappa shape index (κ2) is 18.4. The zero-order valence-electron chi connectivity index (χ0n) is 18.6. The van der Waals surface area contributed by atoms with Crippen molar-refractivity contribution in [2.45, 2.75) is 97.9 Å². The van der Waals surface area contributed by atoms with Gasteiger partial charge in [0.05, 0.1) is 26.8 Å². The summed E-state index contributed by atoms with van der Waals surface area (Å²) in [6.07, 6.45) is 20.4. The highest BCUT2D eigenvalue weighted by atomic mass is 31.2. The number of nitrogens with zero attached hydrogens (tertiary/aromatic N) is 2. The van der Waals surface area contributed by atoms with Gasteiger partial charge in [0.15, 0.2) is 0 Å². The standard InChI is InChI=1S/C15H29N2.C6H15O4P/c1-3-4-5-6-7-8-9-10-11-12-17-14-13-16(2)15-17;1-3-5-9-11(7,8)10-6-4-2/h13-15H,3-12H2,1-2H3;3-6H2,1-2H3,(H,7,8)/q+1;/p-1. The van der Waals surface area contributed by atoms with E-state index in [-0.39, 0.29) is 13.2 Å². The molecule has 0 saturated carbocycles. The van der Waals surface area contributed by atoms with Crippen LogP contribution in [-0.2, 0) is 27.2 Å². The monoisotopic (exact) mass is 418 g/mol. The van der Waals surface area contributed by atoms with Crippen molar-refractivity contribution in [1.82, 2.24) is 4.57 Å². The lowest BCUT2D eigenvalue weighted by Gasteiger charge is -2.21. The van der Waals surface area contributed by atoms with Crippen LogP contribution in [0.15, 0.2) is 18.7 Å². The van der Waals surface area contributed by atoms with Crippen molar-refractivity contribution in [2.24, 2.45) is 7.05 Å². The second-order valence-corrected chi connectivity index (χ2v) is 8.67. The number of imidazole rings is 1. The highest BCUT2D eigenvalue weighted by molar-refractivity contribution is 7.45. The lowest BCUT2D eigenvalue weighted by atomic mass is 10.1. The molecule has 0 fully saturated rings. The van der Waals surface area contributed by atoms with Crippen molar-refractivity contribution < 1.29 is 23.1 Å². The Kier molecular flexibility index (Phi) is 17.9. The maximum absolute atomic E-state index is 10.7. The van der Waals surface area contributed by atoms with E-state index in [2.05, 4.69) is 50.9 Å². The van der Waals surface area contributed by atoms with Crippen LogP contribution in [0, 0.1) is 0 Å². The van der Waals surface area contributed by atoms with Crippen molar-refractivity contribution in [1.29, 1.82) is 0 Å². The predicted molar refractivity (Wildman–Crippen MR) is 113 cm³/mol. The molecule has 0 aliphatic rings. The minimum absolute atomic E-state index is 0.199. The second-order valence-electron chi connectivity index (χ2n) is 7.26. The maximum Gasteiger partial charge on any atom is 0.267 e. The van der Waals surface area contributed by atoms with Gasteiger partial charge < -0.3 is 13.9 Å². The van der Waals surface area contributed by atoms with Gasteiger partial charge >= 0.3 is 0 Å². The van der Waals surface area contributed by atoms with E-state index in [0.29, 0.717) is 12.8 Å². The third-order valence-corrected chi connectivity index (χ3v) is 5.25. The highest BCUT2D eigenvalue weighted by Gasteiger charge is 2.06. The summed E-state index contributed by atoms with van der Waals surface area (Å²) in [5.74, 6) is 0. The summed E-state index contributed by atoms with van der Waals surface area (Å²) in [6, 6.07) is 0. The van der Waals surface area contributed by atoms with Gasteiger partial charge in [0.2, 0.25) is 6.33 Å². The molecular formula is C21H43N2O4P. The average Bonchev–Trinajstić information content (AvgIpc) is 3.09. The van der Waals surface area contributed by atoms with Crippen LogP contribution in [0.1, 0.15) is 91.4 Å². The van der Waals surface area contributed by atoms with Crippen LogP contribution in [0.25, 0.3) is 0 Å². The number of phosphoric ester groups is 1. The van der Waals surface area contributed by atoms with Crippen LogP contribution in [0.3, 0.4) is 0 Å². The van der Waals surface area contributed by atoms with Gasteiger partial charge in [-0.2, -0.15) is 0 Å². The Balaban J connectivity index is 0.000000576. The third kappa shape index (κ3) is 17.4. The molecule has 166 valence electrons. The Morgan fingerprint density at radius 2 is 1.36 bits per heavy atom. The molecule has 0 radical (unpaired) electrons. The molecule has 0 spiro atoms. The number of hydrogen-bond acceptors (Lipinski definition) is 4. The van der Waals surface area contributed by atoms with E-state index in [1.165, 1.54) is 64.3 Å². The Bertz CT molecular complexity index is 496. The number of aromatic nitrogens is 2. The first-order valence-corrected chi connectivity index (χ1v) is 12.5. The molecule has 0 aliphatic carbocycles. The smallest absolute Gasteiger partial charge is 0.267 e. The van der Waals surface area contributed by atoms with E-state index in [1.54, 1.807) is 0 Å². The molecule has 1 aromatic rings. The predicted octanol–water partition coefficient (Wildman–Crippen LogP) is 5.15. The van der Waals surface area contributed by atoms with Crippen LogP contribution < -0.4 is 9.46 Å². The van der Waals surface area contributed by atoms with Gasteiger partial charge in [0.1, 0.15) is 12.4 Å². The van der Waals surface area contributed by atoms with Crippen molar-refractivity contribution in [3.05, 3.63) is 18.7 Å². The minimum Gasteiger partial charge on any atom is -0.756 e. The highest BCUT2D eigenvalue weighted by Crippen LogP contribution is 2.38. The van der Waals surface area contributed by atoms with Gasteiger partial charge in [-0.3, -0.25) is 4.57 Å². The molecule has 0 bridgehead atoms. The molecule has 7 heteroatoms. The third-order valence-electron chi connectivity index (χ3n) is 4.25. The number of rotatable bonds is 16. The molecule has 0 aliphatic heterocycles. The van der Waals surface area contributed by atoms with Crippen LogP contribution in [0.4, 0.5) is 0 Å². The van der Waals surface area contributed by atoms with E-state index in [1.807, 2.05) is 13.8 Å². The topological polar surface area (TPSA) is 67.4 Å². The fraction of sp³-hybridized carbons (Fsp3) is 0.857. The number of hydrogen-bond donors (Lipinski definition) is 0. The van der Waals surface area contributed by atoms with Crippen molar-refractivity contribution in [3.63, 3.8) is 0 Å². The first-order valence-electron chi connectivity index (χ1n) is 11.1. The van der Waals surface area contributed by atoms with Gasteiger partial charge in [0, 0.05) is 0 Å². The fourth-order valence-corrected chi connectivity index (χ4v) is 3.57. The summed E-state index contributed by atoms with van der Waals surface area (Å²) >= 11 is 0. The van der Waals surface area contributed by atoms with Gasteiger partial charge in [-0.1, -0.05) is 65.7 Å². The summed E-state index contributed by atoms with van der Waals surface area (Å²) in [7, 11) is -1.90. The van der Waals surface area contributed by atoms with Gasteiger partial charge in [-0.15, -0.1) is 0 Å². The van der Waals surface area contributed by atoms with Gasteiger partial charge in [-0.05, 0) is 25.7 Å². The van der Waals surface area contributed by atoms with Crippen LogP contribution in [-0.4, -0.2) is 17.8 Å². The molecule has 0 atom stereocenters. The van der Waals surface area contributed by atoms with Crippen molar-refractivity contribution in [2.75, 3.05) is 13.2 Å². The summed E-state index contributed by atoms with van der Waals surface area (Å²) in [4.78, 5) is 10.7. The summed E-state index contributed by atoms with van der Waals surface area (Å²) in [6.45, 7) is 7.52. The molecule has 1 heterocycles. The molecule has 6 nitrogen and oxygen atoms in total. The van der Waals surface area contributed by atoms with Gasteiger partial charge in [-0.25, -0.2) is 9.13 Å². The summed E-state index contributed by atoms with van der Waals surface area (Å²) in [5, 5.41) is 0. The van der Waals surface area contributed by atoms with E-state index in [9.17, 15) is 9.46 Å². The average molecular weight is 419 g/mol. The SMILES string of the molecule is CCCCCCCCCCCn1cc[n+](C)c1.CCCOP(=O)([O-])OCCC. The minimum atomic E-state index is -3.98. The number of unbranched alkanes of at least 4 members (excludes halogenated alkanes) is 8. The maximum atomic E-state index is 10.7. The Hall–Kier alpha value is -0.680. The van der Waals surface area contributed by atoms with E-state index < -0.39 is 7.82 Å². The van der Waals surface area contributed by atoms with E-state index in [0.717, 1.165) is 0 Å². The Labute approximate surface area is 172 Å². The summed E-state index contributed by atoms with van der Waals surface area (Å²) in [5.41, 5.74) is 0. The zero-order valence-corrected chi connectivity index (χ0v) is 19.5. The first-order chi connectivity index (χ1) is 13.4. The lowest BCUT2D eigenvalue weighted by molar-refractivity contribution is -0.671. The number of phosphoric acid groups is 1. The normalized spacial score (nSPS) is 11.3. The molecule has 0 aromatic carbocycles. The molecule has 0 N–H and O–H groups in total. The van der Waals surface area contributed by atoms with Crippen LogP contribution >= 0.6 is 7.82 Å². The molecule has 0 amide bonds. The van der Waals surface area contributed by atoms with Crippen LogP contribution in [0.2, 0.25) is 0 Å². The van der Waals surface area contributed by atoms with Gasteiger partial charge in [0.25, 0.3) is 7.82 Å². The largest absolute Gasteiger partial charge is 0.756 e. The molecular weight excluding hydrogens is 375 g/mol. The zero-order chi connectivity index (χ0) is 21.1. The molecule has 1 aromatic heterocycles. The molecule has 0 unspecified atom stereocenters. The molecule has 1 rings (SSSR count). The van der Waals surface area contributed by atoms with Crippen LogP contribution in [0.5, 0.6) is 0 Å². The Morgan fingerprint density at radius 3 is 1.79 bits per heavy atom. The fourth-order valence-electron chi connectivity index (χ4n) is 2.68. The van der Waals surface area contributed by atoms with Crippen molar-refractivity contribution in [3.8, 4) is 0 Å². The van der Waals surface area contributed by atoms with E-state index in [4.69, 9.17) is 0 Å². The number of aryl methyl sites for hydroxylation is 2.